The number of carbonyl (C=O) groups is 1. The molecule has 0 aliphatic rings. The number of aromatic nitrogens is 3. The Morgan fingerprint density at radius 2 is 1.81 bits per heavy atom. The van der Waals surface area contributed by atoms with E-state index in [1.54, 1.807) is 13.3 Å². The molecule has 1 N–H and O–H groups in total. The van der Waals surface area contributed by atoms with E-state index in [1.807, 2.05) is 68.4 Å². The SMILES string of the molecule is COc1ccccc1-c1cc(C)ncc1C(=O)Nc1nnc(COc2ccc(C)cc2)s1. The van der Waals surface area contributed by atoms with Crippen molar-refractivity contribution in [3.63, 3.8) is 0 Å². The highest BCUT2D eigenvalue weighted by Gasteiger charge is 2.18. The molecule has 0 atom stereocenters. The summed E-state index contributed by atoms with van der Waals surface area (Å²) in [5.41, 5.74) is 3.94. The van der Waals surface area contributed by atoms with Gasteiger partial charge in [0, 0.05) is 23.0 Å². The molecular formula is C24H22N4O3S. The summed E-state index contributed by atoms with van der Waals surface area (Å²) < 4.78 is 11.2. The molecule has 4 rings (SSSR count). The molecular weight excluding hydrogens is 424 g/mol. The third-order valence-electron chi connectivity index (χ3n) is 4.75. The van der Waals surface area contributed by atoms with Gasteiger partial charge in [-0.05, 0) is 38.1 Å². The van der Waals surface area contributed by atoms with Gasteiger partial charge in [0.05, 0.1) is 12.7 Å². The summed E-state index contributed by atoms with van der Waals surface area (Å²) in [7, 11) is 1.61. The Morgan fingerprint density at radius 1 is 1.03 bits per heavy atom. The first kappa shape index (κ1) is 21.5. The average molecular weight is 447 g/mol. The van der Waals surface area contributed by atoms with Gasteiger partial charge in [0.15, 0.2) is 5.01 Å². The summed E-state index contributed by atoms with van der Waals surface area (Å²) in [4.78, 5) is 17.4. The maximum Gasteiger partial charge on any atom is 0.259 e. The molecule has 1 amide bonds. The van der Waals surface area contributed by atoms with E-state index in [1.165, 1.54) is 11.3 Å². The lowest BCUT2D eigenvalue weighted by atomic mass is 9.99. The van der Waals surface area contributed by atoms with Crippen LogP contribution in [-0.4, -0.2) is 28.2 Å². The van der Waals surface area contributed by atoms with Gasteiger partial charge in [0.25, 0.3) is 5.91 Å². The minimum absolute atomic E-state index is 0.273. The highest BCUT2D eigenvalue weighted by molar-refractivity contribution is 7.15. The fourth-order valence-corrected chi connectivity index (χ4v) is 3.79. The Labute approximate surface area is 190 Å². The van der Waals surface area contributed by atoms with E-state index in [4.69, 9.17) is 9.47 Å². The zero-order chi connectivity index (χ0) is 22.5. The summed E-state index contributed by atoms with van der Waals surface area (Å²) in [6, 6.07) is 17.2. The first-order chi connectivity index (χ1) is 15.5. The van der Waals surface area contributed by atoms with Crippen LogP contribution in [0.15, 0.2) is 60.8 Å². The molecule has 7 nitrogen and oxygen atoms in total. The van der Waals surface area contributed by atoms with Gasteiger partial charge in [-0.2, -0.15) is 0 Å². The van der Waals surface area contributed by atoms with Gasteiger partial charge in [-0.25, -0.2) is 0 Å². The second-order valence-electron chi connectivity index (χ2n) is 7.13. The Hall–Kier alpha value is -3.78. The van der Waals surface area contributed by atoms with Crippen molar-refractivity contribution >= 4 is 22.4 Å². The highest BCUT2D eigenvalue weighted by atomic mass is 32.1. The fraction of sp³-hybridized carbons (Fsp3) is 0.167. The van der Waals surface area contributed by atoms with E-state index < -0.39 is 0 Å². The molecule has 32 heavy (non-hydrogen) atoms. The number of hydrogen-bond acceptors (Lipinski definition) is 7. The normalized spacial score (nSPS) is 10.6. The standard InChI is InChI=1S/C24H22N4O3S/c1-15-8-10-17(11-9-15)31-14-22-27-28-24(32-22)26-23(29)20-13-25-16(2)12-19(20)18-6-4-5-7-21(18)30-3/h4-13H,14H2,1-3H3,(H,26,28,29). The number of carbonyl (C=O) groups excluding carboxylic acids is 1. The van der Waals surface area contributed by atoms with E-state index >= 15 is 0 Å². The van der Waals surface area contributed by atoms with Crippen LogP contribution in [0.1, 0.15) is 26.6 Å². The first-order valence-electron chi connectivity index (χ1n) is 9.96. The lowest BCUT2D eigenvalue weighted by Gasteiger charge is -2.13. The van der Waals surface area contributed by atoms with Crippen molar-refractivity contribution in [1.82, 2.24) is 15.2 Å². The number of rotatable bonds is 7. The summed E-state index contributed by atoms with van der Waals surface area (Å²) >= 11 is 1.27. The van der Waals surface area contributed by atoms with Crippen molar-refractivity contribution in [2.24, 2.45) is 0 Å². The molecule has 4 aromatic rings. The van der Waals surface area contributed by atoms with E-state index in [-0.39, 0.29) is 12.5 Å². The van der Waals surface area contributed by atoms with Crippen LogP contribution in [0, 0.1) is 13.8 Å². The van der Waals surface area contributed by atoms with Crippen molar-refractivity contribution in [2.45, 2.75) is 20.5 Å². The Bertz CT molecular complexity index is 1240. The van der Waals surface area contributed by atoms with Crippen LogP contribution in [0.4, 0.5) is 5.13 Å². The Balaban J connectivity index is 1.51. The summed E-state index contributed by atoms with van der Waals surface area (Å²) in [5.74, 6) is 1.11. The smallest absolute Gasteiger partial charge is 0.259 e. The molecule has 0 fully saturated rings. The van der Waals surface area contributed by atoms with Crippen LogP contribution in [0.25, 0.3) is 11.1 Å². The first-order valence-corrected chi connectivity index (χ1v) is 10.8. The number of nitrogens with zero attached hydrogens (tertiary/aromatic N) is 3. The average Bonchev–Trinajstić information content (AvgIpc) is 3.25. The van der Waals surface area contributed by atoms with Gasteiger partial charge in [-0.3, -0.25) is 15.1 Å². The number of amides is 1. The number of para-hydroxylation sites is 1. The van der Waals surface area contributed by atoms with E-state index in [2.05, 4.69) is 20.5 Å². The number of hydrogen-bond donors (Lipinski definition) is 1. The largest absolute Gasteiger partial charge is 0.496 e. The number of ether oxygens (including phenoxy) is 2. The maximum absolute atomic E-state index is 13.1. The predicted octanol–water partition coefficient (Wildman–Crippen LogP) is 5.06. The van der Waals surface area contributed by atoms with Gasteiger partial charge >= 0.3 is 0 Å². The van der Waals surface area contributed by atoms with E-state index in [9.17, 15) is 4.79 Å². The maximum atomic E-state index is 13.1. The van der Waals surface area contributed by atoms with Crippen LogP contribution in [0.3, 0.4) is 0 Å². The third kappa shape index (κ3) is 4.92. The lowest BCUT2D eigenvalue weighted by molar-refractivity contribution is 0.102. The van der Waals surface area contributed by atoms with E-state index in [0.717, 1.165) is 28.1 Å². The Morgan fingerprint density at radius 3 is 2.59 bits per heavy atom. The second-order valence-corrected chi connectivity index (χ2v) is 8.19. The predicted molar refractivity (Wildman–Crippen MR) is 124 cm³/mol. The van der Waals surface area contributed by atoms with Crippen molar-refractivity contribution in [2.75, 3.05) is 12.4 Å². The third-order valence-corrected chi connectivity index (χ3v) is 5.57. The van der Waals surface area contributed by atoms with Crippen molar-refractivity contribution in [3.05, 3.63) is 82.6 Å². The lowest BCUT2D eigenvalue weighted by Crippen LogP contribution is -2.14. The number of pyridine rings is 1. The molecule has 8 heteroatoms. The molecule has 0 spiro atoms. The van der Waals surface area contributed by atoms with Crippen molar-refractivity contribution in [1.29, 1.82) is 0 Å². The van der Waals surface area contributed by atoms with Crippen LogP contribution in [0.5, 0.6) is 11.5 Å². The minimum atomic E-state index is -0.319. The number of nitrogens with one attached hydrogen (secondary N) is 1. The van der Waals surface area contributed by atoms with E-state index in [0.29, 0.717) is 21.5 Å². The summed E-state index contributed by atoms with van der Waals surface area (Å²) in [5, 5.41) is 12.1. The summed E-state index contributed by atoms with van der Waals surface area (Å²) in [6.45, 7) is 4.17. The number of anilines is 1. The molecule has 0 bridgehead atoms. The molecule has 2 aromatic carbocycles. The van der Waals surface area contributed by atoms with Gasteiger partial charge in [-0.1, -0.05) is 47.2 Å². The molecule has 0 unspecified atom stereocenters. The summed E-state index contributed by atoms with van der Waals surface area (Å²) in [6.07, 6.45) is 1.56. The van der Waals surface area contributed by atoms with Crippen molar-refractivity contribution in [3.8, 4) is 22.6 Å². The second kappa shape index (κ2) is 9.57. The van der Waals surface area contributed by atoms with Crippen LogP contribution < -0.4 is 14.8 Å². The van der Waals surface area contributed by atoms with Gasteiger partial charge < -0.3 is 9.47 Å². The van der Waals surface area contributed by atoms with Crippen LogP contribution in [0.2, 0.25) is 0 Å². The molecule has 0 saturated heterocycles. The molecule has 2 aromatic heterocycles. The monoisotopic (exact) mass is 446 g/mol. The molecule has 2 heterocycles. The van der Waals surface area contributed by atoms with Crippen LogP contribution >= 0.6 is 11.3 Å². The van der Waals surface area contributed by atoms with Crippen LogP contribution in [-0.2, 0) is 6.61 Å². The van der Waals surface area contributed by atoms with Crippen molar-refractivity contribution < 1.29 is 14.3 Å². The molecule has 162 valence electrons. The minimum Gasteiger partial charge on any atom is -0.496 e. The quantitative estimate of drug-likeness (QED) is 0.427. The molecule has 0 aliphatic carbocycles. The van der Waals surface area contributed by atoms with Gasteiger partial charge in [0.2, 0.25) is 5.13 Å². The number of methoxy groups -OCH3 is 1. The zero-order valence-corrected chi connectivity index (χ0v) is 18.8. The molecule has 0 saturated carbocycles. The van der Waals surface area contributed by atoms with Gasteiger partial charge in [-0.15, -0.1) is 10.2 Å². The number of benzene rings is 2. The zero-order valence-electron chi connectivity index (χ0n) is 18.0. The van der Waals surface area contributed by atoms with Gasteiger partial charge in [0.1, 0.15) is 18.1 Å². The topological polar surface area (TPSA) is 86.2 Å². The fourth-order valence-electron chi connectivity index (χ4n) is 3.14. The number of aryl methyl sites for hydroxylation is 2. The molecule has 0 radical (unpaired) electrons. The highest BCUT2D eigenvalue weighted by Crippen LogP contribution is 2.33. The Kier molecular flexibility index (Phi) is 6.42. The molecule has 0 aliphatic heterocycles.